The van der Waals surface area contributed by atoms with Gasteiger partial charge < -0.3 is 10.1 Å². The lowest BCUT2D eigenvalue weighted by Crippen LogP contribution is -2.31. The van der Waals surface area contributed by atoms with Crippen molar-refractivity contribution in [2.75, 3.05) is 19.7 Å². The third-order valence-electron chi connectivity index (χ3n) is 3.23. The number of nitrogens with one attached hydrogen (secondary N) is 1. The first-order chi connectivity index (χ1) is 10.1. The van der Waals surface area contributed by atoms with Gasteiger partial charge in [-0.25, -0.2) is 4.79 Å². The second-order valence-corrected chi connectivity index (χ2v) is 4.79. The Hall–Kier alpha value is -2.04. The number of ether oxygens (including phenoxy) is 1. The van der Waals surface area contributed by atoms with Gasteiger partial charge in [0, 0.05) is 11.5 Å². The van der Waals surface area contributed by atoms with Crippen molar-refractivity contribution in [1.82, 2.24) is 5.32 Å². The summed E-state index contributed by atoms with van der Waals surface area (Å²) in [7, 11) is 0. The number of carbonyl (C=O) groups excluding carboxylic acids is 1. The SMILES string of the molecule is CCOC(=O)C(NCCCN=[N+]=[N-])c1ccc(C)c(C)c1. The van der Waals surface area contributed by atoms with Crippen molar-refractivity contribution in [2.24, 2.45) is 5.11 Å². The highest BCUT2D eigenvalue weighted by molar-refractivity contribution is 5.77. The average Bonchev–Trinajstić information content (AvgIpc) is 2.46. The van der Waals surface area contributed by atoms with Crippen LogP contribution in [0.2, 0.25) is 0 Å². The fourth-order valence-electron chi connectivity index (χ4n) is 1.95. The Morgan fingerprint density at radius 1 is 1.43 bits per heavy atom. The topological polar surface area (TPSA) is 87.1 Å². The summed E-state index contributed by atoms with van der Waals surface area (Å²) in [5.74, 6) is -0.287. The van der Waals surface area contributed by atoms with Gasteiger partial charge in [0.25, 0.3) is 0 Å². The Bertz CT molecular complexity index is 524. The zero-order valence-electron chi connectivity index (χ0n) is 12.8. The molecule has 1 unspecified atom stereocenters. The van der Waals surface area contributed by atoms with Crippen LogP contribution in [0.5, 0.6) is 0 Å². The van der Waals surface area contributed by atoms with Gasteiger partial charge in [-0.3, -0.25) is 0 Å². The molecule has 0 aliphatic carbocycles. The molecule has 0 bridgehead atoms. The first-order valence-corrected chi connectivity index (χ1v) is 7.08. The molecule has 0 saturated heterocycles. The summed E-state index contributed by atoms with van der Waals surface area (Å²) >= 11 is 0. The largest absolute Gasteiger partial charge is 0.465 e. The quantitative estimate of drug-likeness (QED) is 0.262. The smallest absolute Gasteiger partial charge is 0.327 e. The molecule has 1 aromatic carbocycles. The van der Waals surface area contributed by atoms with Crippen LogP contribution in [0.3, 0.4) is 0 Å². The predicted octanol–water partition coefficient (Wildman–Crippen LogP) is 3.20. The van der Waals surface area contributed by atoms with Crippen molar-refractivity contribution in [3.05, 3.63) is 45.3 Å². The van der Waals surface area contributed by atoms with Crippen molar-refractivity contribution in [2.45, 2.75) is 33.2 Å². The molecular weight excluding hydrogens is 268 g/mol. The van der Waals surface area contributed by atoms with Crippen LogP contribution in [0.15, 0.2) is 23.3 Å². The van der Waals surface area contributed by atoms with Crippen LogP contribution in [-0.4, -0.2) is 25.7 Å². The number of nitrogens with zero attached hydrogens (tertiary/aromatic N) is 3. The zero-order valence-corrected chi connectivity index (χ0v) is 12.8. The molecular formula is C15H22N4O2. The van der Waals surface area contributed by atoms with Crippen LogP contribution in [0.25, 0.3) is 10.4 Å². The second-order valence-electron chi connectivity index (χ2n) is 4.79. The maximum Gasteiger partial charge on any atom is 0.327 e. The van der Waals surface area contributed by atoms with E-state index in [1.165, 1.54) is 5.56 Å². The van der Waals surface area contributed by atoms with E-state index >= 15 is 0 Å². The van der Waals surface area contributed by atoms with Gasteiger partial charge in [-0.2, -0.15) is 0 Å². The molecule has 1 rings (SSSR count). The van der Waals surface area contributed by atoms with Crippen LogP contribution < -0.4 is 5.32 Å². The lowest BCUT2D eigenvalue weighted by Gasteiger charge is -2.18. The number of hydrogen-bond donors (Lipinski definition) is 1. The van der Waals surface area contributed by atoms with Gasteiger partial charge in [0.1, 0.15) is 6.04 Å². The third kappa shape index (κ3) is 5.45. The molecule has 0 amide bonds. The molecule has 114 valence electrons. The minimum Gasteiger partial charge on any atom is -0.465 e. The third-order valence-corrected chi connectivity index (χ3v) is 3.23. The molecule has 0 fully saturated rings. The van der Waals surface area contributed by atoms with Crippen LogP contribution in [-0.2, 0) is 9.53 Å². The lowest BCUT2D eigenvalue weighted by molar-refractivity contribution is -0.145. The average molecular weight is 290 g/mol. The highest BCUT2D eigenvalue weighted by atomic mass is 16.5. The Labute approximate surface area is 125 Å². The van der Waals surface area contributed by atoms with Crippen molar-refractivity contribution in [3.8, 4) is 0 Å². The number of esters is 1. The summed E-state index contributed by atoms with van der Waals surface area (Å²) in [5, 5.41) is 6.64. The molecule has 6 nitrogen and oxygen atoms in total. The number of azide groups is 1. The molecule has 1 atom stereocenters. The number of aryl methyl sites for hydroxylation is 2. The normalized spacial score (nSPS) is 11.6. The van der Waals surface area contributed by atoms with E-state index in [0.717, 1.165) is 11.1 Å². The minimum atomic E-state index is -0.490. The molecule has 0 aliphatic rings. The Kier molecular flexibility index (Phi) is 7.29. The van der Waals surface area contributed by atoms with E-state index in [0.29, 0.717) is 26.1 Å². The number of carbonyl (C=O) groups is 1. The van der Waals surface area contributed by atoms with E-state index in [1.807, 2.05) is 32.0 Å². The predicted molar refractivity (Wildman–Crippen MR) is 81.9 cm³/mol. The van der Waals surface area contributed by atoms with Gasteiger partial charge in [0.05, 0.1) is 6.61 Å². The standard InChI is InChI=1S/C15H22N4O2/c1-4-21-15(20)14(17-8-5-9-18-19-16)13-7-6-11(2)12(3)10-13/h6-7,10,14,17H,4-5,8-9H2,1-3H3. The maximum atomic E-state index is 12.1. The Morgan fingerprint density at radius 3 is 2.81 bits per heavy atom. The molecule has 0 radical (unpaired) electrons. The molecule has 0 aromatic heterocycles. The number of rotatable bonds is 8. The molecule has 0 spiro atoms. The summed E-state index contributed by atoms with van der Waals surface area (Å²) in [6.07, 6.45) is 0.671. The summed E-state index contributed by atoms with van der Waals surface area (Å²) < 4.78 is 5.12. The van der Waals surface area contributed by atoms with Crippen molar-refractivity contribution < 1.29 is 9.53 Å². The van der Waals surface area contributed by atoms with E-state index in [4.69, 9.17) is 10.3 Å². The monoisotopic (exact) mass is 290 g/mol. The minimum absolute atomic E-state index is 0.287. The van der Waals surface area contributed by atoms with Gasteiger partial charge in [0.15, 0.2) is 0 Å². The van der Waals surface area contributed by atoms with E-state index in [-0.39, 0.29) is 5.97 Å². The zero-order chi connectivity index (χ0) is 15.7. The van der Waals surface area contributed by atoms with Crippen molar-refractivity contribution in [1.29, 1.82) is 0 Å². The summed E-state index contributed by atoms with van der Waals surface area (Å²) in [5.41, 5.74) is 11.4. The molecule has 1 aromatic rings. The number of benzene rings is 1. The summed E-state index contributed by atoms with van der Waals surface area (Å²) in [6.45, 7) is 7.17. The van der Waals surface area contributed by atoms with Gasteiger partial charge in [-0.05, 0) is 56.0 Å². The molecule has 0 heterocycles. The van der Waals surface area contributed by atoms with Gasteiger partial charge in [0.2, 0.25) is 0 Å². The first-order valence-electron chi connectivity index (χ1n) is 7.08. The Balaban J connectivity index is 2.78. The van der Waals surface area contributed by atoms with E-state index in [9.17, 15) is 4.79 Å². The number of hydrogen-bond acceptors (Lipinski definition) is 4. The van der Waals surface area contributed by atoms with Crippen molar-refractivity contribution in [3.63, 3.8) is 0 Å². The summed E-state index contributed by atoms with van der Waals surface area (Å²) in [6, 6.07) is 5.44. The fraction of sp³-hybridized carbons (Fsp3) is 0.533. The van der Waals surface area contributed by atoms with Crippen LogP contribution in [0.1, 0.15) is 36.1 Å². The molecule has 1 N–H and O–H groups in total. The molecule has 21 heavy (non-hydrogen) atoms. The Morgan fingerprint density at radius 2 is 2.19 bits per heavy atom. The molecule has 6 heteroatoms. The lowest BCUT2D eigenvalue weighted by atomic mass is 10.0. The highest BCUT2D eigenvalue weighted by Crippen LogP contribution is 2.18. The second kappa shape index (κ2) is 9.00. The van der Waals surface area contributed by atoms with Crippen LogP contribution in [0.4, 0.5) is 0 Å². The van der Waals surface area contributed by atoms with E-state index in [2.05, 4.69) is 15.3 Å². The molecule has 0 aliphatic heterocycles. The molecule has 0 saturated carbocycles. The van der Waals surface area contributed by atoms with Crippen LogP contribution >= 0.6 is 0 Å². The van der Waals surface area contributed by atoms with Gasteiger partial charge >= 0.3 is 5.97 Å². The fourth-order valence-corrected chi connectivity index (χ4v) is 1.95. The van der Waals surface area contributed by atoms with Gasteiger partial charge in [-0.15, -0.1) is 0 Å². The van der Waals surface area contributed by atoms with Crippen LogP contribution in [0, 0.1) is 13.8 Å². The van der Waals surface area contributed by atoms with E-state index < -0.39 is 6.04 Å². The van der Waals surface area contributed by atoms with Gasteiger partial charge in [-0.1, -0.05) is 23.3 Å². The summed E-state index contributed by atoms with van der Waals surface area (Å²) in [4.78, 5) is 14.8. The first kappa shape index (κ1) is 17.0. The van der Waals surface area contributed by atoms with E-state index in [1.54, 1.807) is 6.92 Å². The van der Waals surface area contributed by atoms with Crippen molar-refractivity contribution >= 4 is 5.97 Å². The maximum absolute atomic E-state index is 12.1. The highest BCUT2D eigenvalue weighted by Gasteiger charge is 2.21.